The summed E-state index contributed by atoms with van der Waals surface area (Å²) in [7, 11) is 0. The SMILES string of the molecule is CC1CCC2C(C1=NO)C2(C)C. The molecule has 2 heteroatoms. The van der Waals surface area contributed by atoms with Crippen LogP contribution in [0, 0.1) is 23.2 Å². The smallest absolute Gasteiger partial charge is 0.0638 e. The summed E-state index contributed by atoms with van der Waals surface area (Å²) in [5.41, 5.74) is 1.46. The molecule has 0 aromatic carbocycles. The molecule has 0 aromatic heterocycles. The van der Waals surface area contributed by atoms with Gasteiger partial charge >= 0.3 is 0 Å². The normalized spacial score (nSPS) is 47.2. The van der Waals surface area contributed by atoms with Crippen molar-refractivity contribution in [1.29, 1.82) is 0 Å². The molecule has 0 amide bonds. The van der Waals surface area contributed by atoms with Gasteiger partial charge in [-0.15, -0.1) is 0 Å². The van der Waals surface area contributed by atoms with Crippen LogP contribution in [0.3, 0.4) is 0 Å². The van der Waals surface area contributed by atoms with Crippen molar-refractivity contribution in [3.8, 4) is 0 Å². The minimum atomic E-state index is 0.409. The molecule has 2 rings (SSSR count). The Morgan fingerprint density at radius 1 is 1.42 bits per heavy atom. The lowest BCUT2D eigenvalue weighted by Gasteiger charge is -2.17. The monoisotopic (exact) mass is 167 g/mol. The fraction of sp³-hybridized carbons (Fsp3) is 0.900. The minimum Gasteiger partial charge on any atom is -0.411 e. The van der Waals surface area contributed by atoms with Gasteiger partial charge in [0.2, 0.25) is 0 Å². The van der Waals surface area contributed by atoms with E-state index in [1.807, 2.05) is 0 Å². The van der Waals surface area contributed by atoms with Crippen LogP contribution in [0.2, 0.25) is 0 Å². The highest BCUT2D eigenvalue weighted by Gasteiger charge is 2.62. The molecule has 0 aliphatic heterocycles. The third-order valence-electron chi connectivity index (χ3n) is 3.90. The molecule has 3 unspecified atom stereocenters. The highest BCUT2D eigenvalue weighted by molar-refractivity contribution is 5.92. The van der Waals surface area contributed by atoms with Crippen molar-refractivity contribution in [1.82, 2.24) is 0 Å². The number of hydrogen-bond acceptors (Lipinski definition) is 2. The third kappa shape index (κ3) is 0.838. The Hall–Kier alpha value is -0.530. The first-order valence-electron chi connectivity index (χ1n) is 4.81. The quantitative estimate of drug-likeness (QED) is 0.436. The van der Waals surface area contributed by atoms with Crippen molar-refractivity contribution in [2.45, 2.75) is 33.6 Å². The molecule has 0 radical (unpaired) electrons. The van der Waals surface area contributed by atoms with Crippen LogP contribution in [0.5, 0.6) is 0 Å². The van der Waals surface area contributed by atoms with Crippen LogP contribution >= 0.6 is 0 Å². The zero-order valence-electron chi connectivity index (χ0n) is 8.04. The standard InChI is InChI=1S/C10H17NO/c1-6-4-5-7-8(9(6)11-12)10(7,2)3/h6-8,12H,4-5H2,1-3H3. The van der Waals surface area contributed by atoms with Crippen LogP contribution in [0.15, 0.2) is 5.16 Å². The predicted octanol–water partition coefficient (Wildman–Crippen LogP) is 2.52. The first kappa shape index (κ1) is 8.09. The van der Waals surface area contributed by atoms with E-state index in [-0.39, 0.29) is 0 Å². The zero-order valence-corrected chi connectivity index (χ0v) is 8.04. The lowest BCUT2D eigenvalue weighted by molar-refractivity contribution is 0.309. The molecule has 2 nitrogen and oxygen atoms in total. The molecule has 0 heterocycles. The average molecular weight is 167 g/mol. The van der Waals surface area contributed by atoms with Crippen molar-refractivity contribution in [2.24, 2.45) is 28.3 Å². The lowest BCUT2D eigenvalue weighted by Crippen LogP contribution is -2.19. The summed E-state index contributed by atoms with van der Waals surface area (Å²) in [5, 5.41) is 12.3. The van der Waals surface area contributed by atoms with Gasteiger partial charge in [-0.2, -0.15) is 0 Å². The number of oxime groups is 1. The van der Waals surface area contributed by atoms with E-state index in [2.05, 4.69) is 25.9 Å². The maximum absolute atomic E-state index is 8.88. The Balaban J connectivity index is 2.23. The molecule has 68 valence electrons. The zero-order chi connectivity index (χ0) is 8.93. The molecule has 1 N–H and O–H groups in total. The summed E-state index contributed by atoms with van der Waals surface area (Å²) >= 11 is 0. The van der Waals surface area contributed by atoms with E-state index in [9.17, 15) is 0 Å². The first-order chi connectivity index (χ1) is 5.59. The van der Waals surface area contributed by atoms with Crippen LogP contribution < -0.4 is 0 Å². The van der Waals surface area contributed by atoms with Gasteiger partial charge in [0.1, 0.15) is 0 Å². The average Bonchev–Trinajstić information content (AvgIpc) is 2.55. The van der Waals surface area contributed by atoms with Crippen molar-refractivity contribution in [3.05, 3.63) is 0 Å². The second-order valence-corrected chi connectivity index (χ2v) is 4.91. The lowest BCUT2D eigenvalue weighted by atomic mass is 9.89. The topological polar surface area (TPSA) is 32.6 Å². The highest BCUT2D eigenvalue weighted by atomic mass is 16.4. The Morgan fingerprint density at radius 3 is 2.58 bits per heavy atom. The van der Waals surface area contributed by atoms with Crippen molar-refractivity contribution >= 4 is 5.71 Å². The summed E-state index contributed by atoms with van der Waals surface area (Å²) in [6.45, 7) is 6.73. The number of rotatable bonds is 0. The fourth-order valence-corrected chi connectivity index (χ4v) is 2.91. The van der Waals surface area contributed by atoms with Crippen LogP contribution in [-0.4, -0.2) is 10.9 Å². The van der Waals surface area contributed by atoms with Crippen molar-refractivity contribution in [2.75, 3.05) is 0 Å². The Bertz CT molecular complexity index is 232. The molecule has 2 saturated carbocycles. The Morgan fingerprint density at radius 2 is 2.08 bits per heavy atom. The Kier molecular flexibility index (Phi) is 1.51. The minimum absolute atomic E-state index is 0.409. The van der Waals surface area contributed by atoms with Crippen LogP contribution in [0.25, 0.3) is 0 Å². The molecular weight excluding hydrogens is 150 g/mol. The van der Waals surface area contributed by atoms with Crippen molar-refractivity contribution < 1.29 is 5.21 Å². The van der Waals surface area contributed by atoms with Gasteiger partial charge < -0.3 is 5.21 Å². The maximum Gasteiger partial charge on any atom is 0.0638 e. The van der Waals surface area contributed by atoms with E-state index in [0.717, 1.165) is 11.6 Å². The van der Waals surface area contributed by atoms with Crippen molar-refractivity contribution in [3.63, 3.8) is 0 Å². The summed E-state index contributed by atoms with van der Waals surface area (Å²) in [4.78, 5) is 0. The molecule has 3 atom stereocenters. The van der Waals surface area contributed by atoms with E-state index >= 15 is 0 Å². The van der Waals surface area contributed by atoms with Gasteiger partial charge in [0.15, 0.2) is 0 Å². The molecule has 0 bridgehead atoms. The van der Waals surface area contributed by atoms with E-state index in [1.54, 1.807) is 0 Å². The summed E-state index contributed by atoms with van der Waals surface area (Å²) in [6, 6.07) is 0. The van der Waals surface area contributed by atoms with Gasteiger partial charge in [0, 0.05) is 5.92 Å². The number of hydrogen-bond donors (Lipinski definition) is 1. The summed E-state index contributed by atoms with van der Waals surface area (Å²) in [5.74, 6) is 1.86. The van der Waals surface area contributed by atoms with Gasteiger partial charge in [0.05, 0.1) is 5.71 Å². The van der Waals surface area contributed by atoms with Gasteiger partial charge in [-0.3, -0.25) is 0 Å². The summed E-state index contributed by atoms with van der Waals surface area (Å²) in [6.07, 6.45) is 2.52. The number of nitrogens with zero attached hydrogens (tertiary/aromatic N) is 1. The molecule has 0 spiro atoms. The van der Waals surface area contributed by atoms with Gasteiger partial charge in [-0.25, -0.2) is 0 Å². The van der Waals surface area contributed by atoms with E-state index < -0.39 is 0 Å². The van der Waals surface area contributed by atoms with Gasteiger partial charge in [0.25, 0.3) is 0 Å². The molecule has 2 aliphatic rings. The van der Waals surface area contributed by atoms with Gasteiger partial charge in [-0.1, -0.05) is 25.9 Å². The highest BCUT2D eigenvalue weighted by Crippen LogP contribution is 2.64. The van der Waals surface area contributed by atoms with Gasteiger partial charge in [-0.05, 0) is 30.1 Å². The number of fused-ring (bicyclic) bond motifs is 1. The van der Waals surface area contributed by atoms with E-state index in [0.29, 0.717) is 17.3 Å². The molecule has 0 saturated heterocycles. The largest absolute Gasteiger partial charge is 0.411 e. The molecular formula is C10H17NO. The molecule has 2 aliphatic carbocycles. The first-order valence-corrected chi connectivity index (χ1v) is 4.81. The molecule has 0 aromatic rings. The third-order valence-corrected chi connectivity index (χ3v) is 3.90. The van der Waals surface area contributed by atoms with E-state index in [4.69, 9.17) is 5.21 Å². The fourth-order valence-electron chi connectivity index (χ4n) is 2.91. The molecule has 2 fully saturated rings. The van der Waals surface area contributed by atoms with Crippen LogP contribution in [0.4, 0.5) is 0 Å². The predicted molar refractivity (Wildman–Crippen MR) is 48.4 cm³/mol. The Labute approximate surface area is 73.7 Å². The summed E-state index contributed by atoms with van der Waals surface area (Å²) < 4.78 is 0. The second-order valence-electron chi connectivity index (χ2n) is 4.91. The van der Waals surface area contributed by atoms with E-state index in [1.165, 1.54) is 12.8 Å². The van der Waals surface area contributed by atoms with Crippen LogP contribution in [-0.2, 0) is 0 Å². The second kappa shape index (κ2) is 2.24. The molecule has 12 heavy (non-hydrogen) atoms. The van der Waals surface area contributed by atoms with Crippen LogP contribution in [0.1, 0.15) is 33.6 Å². The maximum atomic E-state index is 8.88.